The molecular weight excluding hydrogens is 228 g/mol. The number of hydrogen-bond acceptors (Lipinski definition) is 4. The normalized spacial score (nSPS) is 11.3. The molecule has 0 atom stereocenters. The second kappa shape index (κ2) is 5.07. The number of nitrogens with one attached hydrogen (secondary N) is 2. The third-order valence-corrected chi connectivity index (χ3v) is 3.58. The summed E-state index contributed by atoms with van der Waals surface area (Å²) < 4.78 is 47.0. The summed E-state index contributed by atoms with van der Waals surface area (Å²) in [6, 6.07) is 3.98. The Morgan fingerprint density at radius 1 is 0.857 bits per heavy atom. The SMILES string of the molecule is CCS(=O)(=O)NC#CNS(=O)(=O)CC. The molecule has 82 valence electrons. The molecule has 0 aliphatic rings. The Morgan fingerprint density at radius 2 is 1.14 bits per heavy atom. The maximum absolute atomic E-state index is 10.8. The smallest absolute Gasteiger partial charge is 0.239 e. The lowest BCUT2D eigenvalue weighted by Crippen LogP contribution is -2.23. The van der Waals surface area contributed by atoms with Crippen LogP contribution in [-0.4, -0.2) is 28.3 Å². The Bertz CT molecular complexity index is 386. The molecule has 0 amide bonds. The minimum atomic E-state index is -3.40. The highest BCUT2D eigenvalue weighted by atomic mass is 32.2. The van der Waals surface area contributed by atoms with Gasteiger partial charge in [0.2, 0.25) is 20.0 Å². The third-order valence-electron chi connectivity index (χ3n) is 1.24. The van der Waals surface area contributed by atoms with Gasteiger partial charge in [-0.25, -0.2) is 26.3 Å². The first-order valence-corrected chi connectivity index (χ1v) is 7.12. The van der Waals surface area contributed by atoms with E-state index in [-0.39, 0.29) is 11.5 Å². The fourth-order valence-corrected chi connectivity index (χ4v) is 1.05. The van der Waals surface area contributed by atoms with Gasteiger partial charge in [-0.1, -0.05) is 0 Å². The molecule has 0 rings (SSSR count). The molecule has 6 nitrogen and oxygen atoms in total. The molecule has 0 aromatic heterocycles. The van der Waals surface area contributed by atoms with Crippen LogP contribution in [0, 0.1) is 12.1 Å². The molecule has 2 N–H and O–H groups in total. The highest BCUT2D eigenvalue weighted by Gasteiger charge is 2.03. The van der Waals surface area contributed by atoms with Crippen LogP contribution in [0.5, 0.6) is 0 Å². The molecule has 0 saturated heterocycles. The van der Waals surface area contributed by atoms with Crippen molar-refractivity contribution < 1.29 is 16.8 Å². The summed E-state index contributed by atoms with van der Waals surface area (Å²) in [5, 5.41) is 0. The molecule has 0 aromatic rings. The molecule has 14 heavy (non-hydrogen) atoms. The van der Waals surface area contributed by atoms with Gasteiger partial charge in [0.1, 0.15) is 0 Å². The largest absolute Gasteiger partial charge is 0.240 e. The summed E-state index contributed by atoms with van der Waals surface area (Å²) in [5.41, 5.74) is 0. The van der Waals surface area contributed by atoms with E-state index in [4.69, 9.17) is 0 Å². The van der Waals surface area contributed by atoms with E-state index in [0.717, 1.165) is 0 Å². The van der Waals surface area contributed by atoms with E-state index in [1.54, 1.807) is 0 Å². The van der Waals surface area contributed by atoms with Gasteiger partial charge in [0.15, 0.2) is 0 Å². The number of rotatable bonds is 4. The van der Waals surface area contributed by atoms with Crippen molar-refractivity contribution in [3.05, 3.63) is 0 Å². The quantitative estimate of drug-likeness (QED) is 0.476. The van der Waals surface area contributed by atoms with Gasteiger partial charge in [0.25, 0.3) is 0 Å². The molecule has 0 unspecified atom stereocenters. The maximum atomic E-state index is 10.8. The molecule has 0 aliphatic heterocycles. The van der Waals surface area contributed by atoms with Gasteiger partial charge in [-0.3, -0.25) is 0 Å². The molecule has 0 saturated carbocycles. The van der Waals surface area contributed by atoms with E-state index < -0.39 is 20.0 Å². The molecule has 0 fully saturated rings. The zero-order valence-corrected chi connectivity index (χ0v) is 9.50. The molecule has 8 heteroatoms. The Morgan fingerprint density at radius 3 is 1.36 bits per heavy atom. The Hall–Kier alpha value is -0.940. The maximum Gasteiger partial charge on any atom is 0.239 e. The fourth-order valence-electron chi connectivity index (χ4n) is 0.351. The van der Waals surface area contributed by atoms with Gasteiger partial charge in [-0.05, 0) is 13.8 Å². The first-order valence-electron chi connectivity index (χ1n) is 3.82. The van der Waals surface area contributed by atoms with Crippen LogP contribution in [0.1, 0.15) is 13.8 Å². The van der Waals surface area contributed by atoms with E-state index >= 15 is 0 Å². The van der Waals surface area contributed by atoms with Crippen LogP contribution in [0.4, 0.5) is 0 Å². The summed E-state index contributed by atoms with van der Waals surface area (Å²) >= 11 is 0. The number of hydrogen-bond donors (Lipinski definition) is 2. The van der Waals surface area contributed by atoms with E-state index in [2.05, 4.69) is 0 Å². The first-order chi connectivity index (χ1) is 6.33. The van der Waals surface area contributed by atoms with Crippen LogP contribution in [0.2, 0.25) is 0 Å². The molecule has 0 spiro atoms. The van der Waals surface area contributed by atoms with Crippen molar-refractivity contribution in [3.8, 4) is 12.1 Å². The van der Waals surface area contributed by atoms with Gasteiger partial charge in [-0.15, -0.1) is 0 Å². The van der Waals surface area contributed by atoms with Gasteiger partial charge >= 0.3 is 0 Å². The van der Waals surface area contributed by atoms with Gasteiger partial charge < -0.3 is 0 Å². The van der Waals surface area contributed by atoms with Crippen LogP contribution in [0.15, 0.2) is 0 Å². The summed E-state index contributed by atoms with van der Waals surface area (Å²) in [6.07, 6.45) is 0. The topological polar surface area (TPSA) is 92.3 Å². The second-order valence-corrected chi connectivity index (χ2v) is 6.28. The first kappa shape index (κ1) is 13.1. The average Bonchev–Trinajstić information content (AvgIpc) is 2.13. The summed E-state index contributed by atoms with van der Waals surface area (Å²) in [6.45, 7) is 2.89. The minimum Gasteiger partial charge on any atom is -0.240 e. The number of sulfonamides is 2. The van der Waals surface area contributed by atoms with Gasteiger partial charge in [0, 0.05) is 12.1 Å². The summed E-state index contributed by atoms with van der Waals surface area (Å²) in [5.74, 6) is -0.218. The molecular formula is C6H12N2O4S2. The highest BCUT2D eigenvalue weighted by Crippen LogP contribution is 1.80. The average molecular weight is 240 g/mol. The van der Waals surface area contributed by atoms with Crippen LogP contribution in [0.3, 0.4) is 0 Å². The second-order valence-electron chi connectivity index (χ2n) is 2.26. The van der Waals surface area contributed by atoms with Crippen molar-refractivity contribution >= 4 is 20.0 Å². The molecule has 0 aromatic carbocycles. The lowest BCUT2D eigenvalue weighted by atomic mass is 11.0. The zero-order chi connectivity index (χ0) is 11.2. The lowest BCUT2D eigenvalue weighted by molar-refractivity contribution is 0.590. The van der Waals surface area contributed by atoms with Crippen molar-refractivity contribution in [1.82, 2.24) is 9.44 Å². The van der Waals surface area contributed by atoms with Crippen molar-refractivity contribution in [3.63, 3.8) is 0 Å². The van der Waals surface area contributed by atoms with Gasteiger partial charge in [-0.2, -0.15) is 0 Å². The molecule has 0 radical (unpaired) electrons. The van der Waals surface area contributed by atoms with E-state index in [1.807, 2.05) is 21.5 Å². The van der Waals surface area contributed by atoms with Crippen molar-refractivity contribution in [2.75, 3.05) is 11.5 Å². The molecule has 0 heterocycles. The Kier molecular flexibility index (Phi) is 4.73. The van der Waals surface area contributed by atoms with Crippen LogP contribution in [-0.2, 0) is 20.0 Å². The monoisotopic (exact) mass is 240 g/mol. The van der Waals surface area contributed by atoms with Crippen LogP contribution >= 0.6 is 0 Å². The van der Waals surface area contributed by atoms with Crippen LogP contribution < -0.4 is 9.44 Å². The van der Waals surface area contributed by atoms with E-state index in [9.17, 15) is 16.8 Å². The van der Waals surface area contributed by atoms with E-state index in [1.165, 1.54) is 13.8 Å². The third kappa shape index (κ3) is 5.66. The lowest BCUT2D eigenvalue weighted by Gasteiger charge is -1.96. The fraction of sp³-hybridized carbons (Fsp3) is 0.667. The minimum absolute atomic E-state index is 0.109. The summed E-state index contributed by atoms with van der Waals surface area (Å²) in [7, 11) is -6.80. The Balaban J connectivity index is 4.25. The molecule has 0 aliphatic carbocycles. The van der Waals surface area contributed by atoms with Gasteiger partial charge in [0.05, 0.1) is 11.5 Å². The standard InChI is InChI=1S/C6H12N2O4S2/c1-3-13(9,10)7-5-6-8-14(11,12)4-2/h7-8H,3-4H2,1-2H3. The van der Waals surface area contributed by atoms with Crippen LogP contribution in [0.25, 0.3) is 0 Å². The van der Waals surface area contributed by atoms with Crippen molar-refractivity contribution in [1.29, 1.82) is 0 Å². The summed E-state index contributed by atoms with van der Waals surface area (Å²) in [4.78, 5) is 0. The predicted octanol–water partition coefficient (Wildman–Crippen LogP) is -1.22. The van der Waals surface area contributed by atoms with Crippen molar-refractivity contribution in [2.24, 2.45) is 0 Å². The zero-order valence-electron chi connectivity index (χ0n) is 7.86. The molecule has 0 bridgehead atoms. The predicted molar refractivity (Wildman–Crippen MR) is 53.0 cm³/mol. The van der Waals surface area contributed by atoms with E-state index in [0.29, 0.717) is 0 Å². The highest BCUT2D eigenvalue weighted by molar-refractivity contribution is 7.89. The van der Waals surface area contributed by atoms with Crippen molar-refractivity contribution in [2.45, 2.75) is 13.8 Å². The Labute approximate surface area is 84.2 Å².